The number of anilines is 1. The number of hydrogen-bond acceptors (Lipinski definition) is 2. The highest BCUT2D eigenvalue weighted by Gasteiger charge is 2.06. The number of nitrogen functional groups attached to an aromatic ring is 1. The van der Waals surface area contributed by atoms with Gasteiger partial charge in [-0.2, -0.15) is 0 Å². The molecule has 0 aliphatic heterocycles. The Morgan fingerprint density at radius 3 is 2.71 bits per heavy atom. The molecule has 2 aromatic carbocycles. The van der Waals surface area contributed by atoms with E-state index in [-0.39, 0.29) is 0 Å². The molecule has 0 aliphatic carbocycles. The van der Waals surface area contributed by atoms with E-state index in [0.29, 0.717) is 5.69 Å². The maximum Gasteiger partial charge on any atom is 0.138 e. The Kier molecular flexibility index (Phi) is 2.11. The predicted molar refractivity (Wildman–Crippen MR) is 70.7 cm³/mol. The SMILES string of the molecule is Cc1cccc(-c2nc3c(N)cccc3[nH]2)c1. The zero-order valence-electron chi connectivity index (χ0n) is 9.57. The Balaban J connectivity index is 2.22. The fourth-order valence-corrected chi connectivity index (χ4v) is 1.98. The number of benzene rings is 2. The number of nitrogens with two attached hydrogens (primary N) is 1. The van der Waals surface area contributed by atoms with Gasteiger partial charge in [-0.3, -0.25) is 0 Å². The molecule has 0 fully saturated rings. The molecular weight excluding hydrogens is 210 g/mol. The first-order valence-corrected chi connectivity index (χ1v) is 5.55. The number of nitrogens with one attached hydrogen (secondary N) is 1. The maximum atomic E-state index is 5.90. The summed E-state index contributed by atoms with van der Waals surface area (Å²) in [6, 6.07) is 14.0. The summed E-state index contributed by atoms with van der Waals surface area (Å²) in [6.45, 7) is 2.07. The van der Waals surface area contributed by atoms with Gasteiger partial charge < -0.3 is 10.7 Å². The fourth-order valence-electron chi connectivity index (χ4n) is 1.98. The molecule has 0 aliphatic rings. The molecule has 1 heterocycles. The molecule has 3 aromatic rings. The number of H-pyrrole nitrogens is 1. The highest BCUT2D eigenvalue weighted by molar-refractivity contribution is 5.89. The van der Waals surface area contributed by atoms with Gasteiger partial charge in [0.25, 0.3) is 0 Å². The van der Waals surface area contributed by atoms with Gasteiger partial charge in [0.15, 0.2) is 0 Å². The van der Waals surface area contributed by atoms with Gasteiger partial charge in [-0.1, -0.05) is 29.8 Å². The predicted octanol–water partition coefficient (Wildman–Crippen LogP) is 3.12. The molecule has 0 spiro atoms. The van der Waals surface area contributed by atoms with Crippen LogP contribution in [0.2, 0.25) is 0 Å². The van der Waals surface area contributed by atoms with Gasteiger partial charge in [0, 0.05) is 5.56 Å². The maximum absolute atomic E-state index is 5.90. The second-order valence-corrected chi connectivity index (χ2v) is 4.20. The van der Waals surface area contributed by atoms with Crippen LogP contribution in [0.25, 0.3) is 22.4 Å². The van der Waals surface area contributed by atoms with Gasteiger partial charge in [-0.05, 0) is 25.1 Å². The number of fused-ring (bicyclic) bond motifs is 1. The van der Waals surface area contributed by atoms with Crippen LogP contribution in [0, 0.1) is 6.92 Å². The first kappa shape index (κ1) is 9.90. The summed E-state index contributed by atoms with van der Waals surface area (Å²) in [7, 11) is 0. The topological polar surface area (TPSA) is 54.7 Å². The Bertz CT molecular complexity index is 683. The van der Waals surface area contributed by atoms with E-state index in [1.807, 2.05) is 30.3 Å². The molecule has 0 saturated heterocycles. The van der Waals surface area contributed by atoms with Crippen LogP contribution in [0.5, 0.6) is 0 Å². The molecule has 0 amide bonds. The Morgan fingerprint density at radius 1 is 1.12 bits per heavy atom. The lowest BCUT2D eigenvalue weighted by molar-refractivity contribution is 1.32. The van der Waals surface area contributed by atoms with Crippen molar-refractivity contribution in [3.8, 4) is 11.4 Å². The van der Waals surface area contributed by atoms with Gasteiger partial charge in [0.05, 0.1) is 11.2 Å². The summed E-state index contributed by atoms with van der Waals surface area (Å²) in [5, 5.41) is 0. The monoisotopic (exact) mass is 223 g/mol. The Labute approximate surface area is 99.3 Å². The lowest BCUT2D eigenvalue weighted by atomic mass is 10.1. The van der Waals surface area contributed by atoms with Crippen molar-refractivity contribution in [3.05, 3.63) is 48.0 Å². The number of rotatable bonds is 1. The third-order valence-electron chi connectivity index (χ3n) is 2.84. The van der Waals surface area contributed by atoms with Crippen LogP contribution in [0.15, 0.2) is 42.5 Å². The second-order valence-electron chi connectivity index (χ2n) is 4.20. The van der Waals surface area contributed by atoms with Crippen LogP contribution in [-0.2, 0) is 0 Å². The first-order chi connectivity index (χ1) is 8.24. The molecule has 0 atom stereocenters. The summed E-state index contributed by atoms with van der Waals surface area (Å²) in [6.07, 6.45) is 0. The number of para-hydroxylation sites is 1. The highest BCUT2D eigenvalue weighted by atomic mass is 14.9. The van der Waals surface area contributed by atoms with Crippen LogP contribution in [0.1, 0.15) is 5.56 Å². The third kappa shape index (κ3) is 1.65. The molecule has 0 radical (unpaired) electrons. The normalized spacial score (nSPS) is 10.9. The number of imidazole rings is 1. The molecule has 3 heteroatoms. The Morgan fingerprint density at radius 2 is 1.94 bits per heavy atom. The molecule has 3 N–H and O–H groups in total. The molecule has 84 valence electrons. The van der Waals surface area contributed by atoms with Crippen molar-refractivity contribution >= 4 is 16.7 Å². The molecule has 3 nitrogen and oxygen atoms in total. The summed E-state index contributed by atoms with van der Waals surface area (Å²) in [5.74, 6) is 0.863. The van der Waals surface area contributed by atoms with Gasteiger partial charge >= 0.3 is 0 Å². The van der Waals surface area contributed by atoms with Crippen molar-refractivity contribution in [2.75, 3.05) is 5.73 Å². The van der Waals surface area contributed by atoms with E-state index in [9.17, 15) is 0 Å². The number of aromatic amines is 1. The van der Waals surface area contributed by atoms with Gasteiger partial charge in [-0.25, -0.2) is 4.98 Å². The largest absolute Gasteiger partial charge is 0.397 e. The van der Waals surface area contributed by atoms with Crippen molar-refractivity contribution in [1.29, 1.82) is 0 Å². The van der Waals surface area contributed by atoms with Crippen LogP contribution < -0.4 is 5.73 Å². The van der Waals surface area contributed by atoms with E-state index < -0.39 is 0 Å². The van der Waals surface area contributed by atoms with Gasteiger partial charge in [0.2, 0.25) is 0 Å². The summed E-state index contributed by atoms with van der Waals surface area (Å²) in [4.78, 5) is 7.83. The minimum Gasteiger partial charge on any atom is -0.397 e. The van der Waals surface area contributed by atoms with Crippen LogP contribution in [0.4, 0.5) is 5.69 Å². The smallest absolute Gasteiger partial charge is 0.138 e. The van der Waals surface area contributed by atoms with E-state index in [1.54, 1.807) is 0 Å². The average molecular weight is 223 g/mol. The number of aromatic nitrogens is 2. The molecule has 0 bridgehead atoms. The van der Waals surface area contributed by atoms with Gasteiger partial charge in [0.1, 0.15) is 11.3 Å². The lowest BCUT2D eigenvalue weighted by Crippen LogP contribution is -1.85. The molecule has 0 unspecified atom stereocenters. The Hall–Kier alpha value is -2.29. The van der Waals surface area contributed by atoms with E-state index in [2.05, 4.69) is 29.0 Å². The zero-order chi connectivity index (χ0) is 11.8. The van der Waals surface area contributed by atoms with E-state index in [0.717, 1.165) is 22.4 Å². The fraction of sp³-hybridized carbons (Fsp3) is 0.0714. The summed E-state index contributed by atoms with van der Waals surface area (Å²) < 4.78 is 0. The second kappa shape index (κ2) is 3.63. The van der Waals surface area contributed by atoms with E-state index in [1.165, 1.54) is 5.56 Å². The molecule has 17 heavy (non-hydrogen) atoms. The zero-order valence-corrected chi connectivity index (χ0v) is 9.57. The van der Waals surface area contributed by atoms with Crippen LogP contribution >= 0.6 is 0 Å². The van der Waals surface area contributed by atoms with E-state index >= 15 is 0 Å². The lowest BCUT2D eigenvalue weighted by Gasteiger charge is -1.97. The molecule has 3 rings (SSSR count). The van der Waals surface area contributed by atoms with Crippen molar-refractivity contribution in [2.45, 2.75) is 6.92 Å². The minimum absolute atomic E-state index is 0.706. The quantitative estimate of drug-likeness (QED) is 0.623. The van der Waals surface area contributed by atoms with Crippen molar-refractivity contribution in [1.82, 2.24) is 9.97 Å². The third-order valence-corrected chi connectivity index (χ3v) is 2.84. The van der Waals surface area contributed by atoms with Crippen molar-refractivity contribution < 1.29 is 0 Å². The average Bonchev–Trinajstić information content (AvgIpc) is 2.74. The van der Waals surface area contributed by atoms with Crippen molar-refractivity contribution in [3.63, 3.8) is 0 Å². The summed E-state index contributed by atoms with van der Waals surface area (Å²) in [5.41, 5.74) is 10.7. The van der Waals surface area contributed by atoms with E-state index in [4.69, 9.17) is 5.73 Å². The highest BCUT2D eigenvalue weighted by Crippen LogP contribution is 2.24. The number of aryl methyl sites for hydroxylation is 1. The first-order valence-electron chi connectivity index (χ1n) is 5.55. The van der Waals surface area contributed by atoms with Crippen LogP contribution in [-0.4, -0.2) is 9.97 Å². The van der Waals surface area contributed by atoms with Crippen LogP contribution in [0.3, 0.4) is 0 Å². The number of nitrogens with zero attached hydrogens (tertiary/aromatic N) is 1. The molecule has 1 aromatic heterocycles. The summed E-state index contributed by atoms with van der Waals surface area (Å²) >= 11 is 0. The van der Waals surface area contributed by atoms with Crippen molar-refractivity contribution in [2.24, 2.45) is 0 Å². The standard InChI is InChI=1S/C14H13N3/c1-9-4-2-5-10(8-9)14-16-12-7-3-6-11(15)13(12)17-14/h2-8H,15H2,1H3,(H,16,17). The molecule has 0 saturated carbocycles. The number of hydrogen-bond donors (Lipinski definition) is 2. The molecular formula is C14H13N3. The minimum atomic E-state index is 0.706. The van der Waals surface area contributed by atoms with Gasteiger partial charge in [-0.15, -0.1) is 0 Å².